The fourth-order valence-electron chi connectivity index (χ4n) is 6.69. The number of benzene rings is 4. The van der Waals surface area contributed by atoms with Gasteiger partial charge in [-0.15, -0.1) is 0 Å². The largest absolute Gasteiger partial charge is 0.507 e. The summed E-state index contributed by atoms with van der Waals surface area (Å²) in [5, 5.41) is 61.1. The average molecular weight is 681 g/mol. The molecule has 0 aliphatic carbocycles. The summed E-state index contributed by atoms with van der Waals surface area (Å²) in [6.07, 6.45) is 3.77. The topological polar surface area (TPSA) is 174 Å². The Balaban J connectivity index is 0.000000194. The third kappa shape index (κ3) is 6.32. The van der Waals surface area contributed by atoms with Gasteiger partial charge in [-0.25, -0.2) is 9.59 Å². The second-order valence-corrected chi connectivity index (χ2v) is 13.3. The van der Waals surface area contributed by atoms with Crippen LogP contribution >= 0.6 is 0 Å². The first kappa shape index (κ1) is 35.4. The molecule has 0 spiro atoms. The molecule has 0 bridgehead atoms. The molecule has 2 aliphatic heterocycles. The average Bonchev–Trinajstić information content (AvgIpc) is 2.95. The van der Waals surface area contributed by atoms with Crippen molar-refractivity contribution < 1.29 is 49.7 Å². The van der Waals surface area contributed by atoms with E-state index < -0.39 is 23.8 Å². The maximum Gasteiger partial charge on any atom is 0.339 e. The van der Waals surface area contributed by atoms with Gasteiger partial charge in [0.1, 0.15) is 57.1 Å². The molecule has 0 amide bonds. The van der Waals surface area contributed by atoms with Crippen molar-refractivity contribution in [2.75, 3.05) is 0 Å². The lowest BCUT2D eigenvalue weighted by molar-refractivity contribution is 0.0681. The van der Waals surface area contributed by atoms with Gasteiger partial charge in [-0.1, -0.05) is 23.3 Å². The molecule has 6 rings (SSSR count). The lowest BCUT2D eigenvalue weighted by Crippen LogP contribution is -2.13. The third-order valence-electron chi connectivity index (χ3n) is 8.64. The number of carbonyl (C=O) groups is 2. The fraction of sp³-hybridized carbons (Fsp3) is 0.250. The Kier molecular flexibility index (Phi) is 9.34. The van der Waals surface area contributed by atoms with Crippen LogP contribution in [0, 0.1) is 27.7 Å². The van der Waals surface area contributed by atoms with Gasteiger partial charge in [0.25, 0.3) is 0 Å². The van der Waals surface area contributed by atoms with Crippen LogP contribution in [0.5, 0.6) is 46.0 Å². The zero-order valence-corrected chi connectivity index (χ0v) is 29.1. The van der Waals surface area contributed by atoms with E-state index in [2.05, 4.69) is 0 Å². The Morgan fingerprint density at radius 2 is 0.860 bits per heavy atom. The first-order chi connectivity index (χ1) is 23.4. The number of phenolic OH excluding ortho intramolecular Hbond substituents is 2. The zero-order valence-electron chi connectivity index (χ0n) is 29.1. The Labute approximate surface area is 289 Å². The molecule has 10 nitrogen and oxygen atoms in total. The number of fused-ring (bicyclic) bond motifs is 4. The van der Waals surface area contributed by atoms with Crippen LogP contribution in [0.25, 0.3) is 0 Å². The molecule has 2 atom stereocenters. The van der Waals surface area contributed by atoms with Gasteiger partial charge in [-0.2, -0.15) is 0 Å². The molecule has 4 aromatic rings. The van der Waals surface area contributed by atoms with Crippen molar-refractivity contribution in [1.82, 2.24) is 0 Å². The number of ether oxygens (including phenoxy) is 2. The Hall–Kier alpha value is -5.90. The number of allylic oxidation sites excluding steroid dienone is 4. The first-order valence-electron chi connectivity index (χ1n) is 15.9. The van der Waals surface area contributed by atoms with Crippen molar-refractivity contribution in [3.05, 3.63) is 115 Å². The monoisotopic (exact) mass is 680 g/mol. The van der Waals surface area contributed by atoms with E-state index in [1.165, 1.54) is 0 Å². The van der Waals surface area contributed by atoms with Gasteiger partial charge >= 0.3 is 11.9 Å². The number of aromatic hydroxyl groups is 4. The Bertz CT molecular complexity index is 1990. The summed E-state index contributed by atoms with van der Waals surface area (Å²) in [6.45, 7) is 14.6. The van der Waals surface area contributed by atoms with Gasteiger partial charge in [0.15, 0.2) is 0 Å². The lowest BCUT2D eigenvalue weighted by Gasteiger charge is -2.29. The minimum Gasteiger partial charge on any atom is -0.507 e. The molecule has 0 aromatic heterocycles. The summed E-state index contributed by atoms with van der Waals surface area (Å²) in [4.78, 5) is 23.1. The fourth-order valence-corrected chi connectivity index (χ4v) is 6.69. The normalized spacial score (nSPS) is 15.0. The number of hydrogen-bond donors (Lipinski definition) is 6. The van der Waals surface area contributed by atoms with Crippen molar-refractivity contribution in [3.8, 4) is 46.0 Å². The van der Waals surface area contributed by atoms with E-state index in [1.54, 1.807) is 38.1 Å². The zero-order chi connectivity index (χ0) is 36.9. The third-order valence-corrected chi connectivity index (χ3v) is 8.64. The predicted octanol–water partition coefficient (Wildman–Crippen LogP) is 9.23. The standard InChI is InChI=1S/2C20H20O5/c2*1-9(2)5-12-17-13(21)6-10(3)7-14(17)25-15-8-11(4)16(20(23)24)19(22)18(12)15/h2*5-8,12,21-22H,1-4H3,(H,23,24)/t2*12-/m00/s1. The Morgan fingerprint density at radius 3 is 1.16 bits per heavy atom. The minimum absolute atomic E-state index is 0.0556. The molecule has 0 saturated heterocycles. The van der Waals surface area contributed by atoms with Crippen LogP contribution in [-0.2, 0) is 0 Å². The maximum absolute atomic E-state index is 11.5. The highest BCUT2D eigenvalue weighted by atomic mass is 16.5. The molecule has 10 heteroatoms. The van der Waals surface area contributed by atoms with E-state index >= 15 is 0 Å². The van der Waals surface area contributed by atoms with Crippen LogP contribution in [0.3, 0.4) is 0 Å². The van der Waals surface area contributed by atoms with Crippen LogP contribution in [0.4, 0.5) is 0 Å². The quantitative estimate of drug-likeness (QED) is 0.114. The number of carboxylic acid groups (broad SMARTS) is 2. The van der Waals surface area contributed by atoms with E-state index in [-0.39, 0.29) is 34.1 Å². The summed E-state index contributed by atoms with van der Waals surface area (Å²) in [5.41, 5.74) is 5.93. The first-order valence-corrected chi connectivity index (χ1v) is 15.9. The predicted molar refractivity (Wildman–Crippen MR) is 188 cm³/mol. The molecule has 0 unspecified atom stereocenters. The van der Waals surface area contributed by atoms with Crippen LogP contribution in [-0.4, -0.2) is 42.6 Å². The van der Waals surface area contributed by atoms with Gasteiger partial charge in [0.2, 0.25) is 0 Å². The summed E-state index contributed by atoms with van der Waals surface area (Å²) >= 11 is 0. The second-order valence-electron chi connectivity index (χ2n) is 13.3. The summed E-state index contributed by atoms with van der Waals surface area (Å²) in [7, 11) is 0. The van der Waals surface area contributed by atoms with Crippen LogP contribution in [0.2, 0.25) is 0 Å². The summed E-state index contributed by atoms with van der Waals surface area (Å²) < 4.78 is 11.8. The molecule has 260 valence electrons. The maximum atomic E-state index is 11.5. The number of aryl methyl sites for hydroxylation is 4. The molecular weight excluding hydrogens is 640 g/mol. The van der Waals surface area contributed by atoms with E-state index in [0.29, 0.717) is 56.4 Å². The molecule has 6 N–H and O–H groups in total. The molecule has 0 radical (unpaired) electrons. The van der Waals surface area contributed by atoms with Crippen LogP contribution in [0.1, 0.15) is 105 Å². The highest BCUT2D eigenvalue weighted by Crippen LogP contribution is 2.55. The van der Waals surface area contributed by atoms with Crippen molar-refractivity contribution in [2.45, 2.75) is 67.2 Å². The number of carboxylic acids is 2. The Morgan fingerprint density at radius 1 is 0.540 bits per heavy atom. The number of phenols is 4. The van der Waals surface area contributed by atoms with E-state index in [0.717, 1.165) is 22.3 Å². The molecule has 0 saturated carbocycles. The minimum atomic E-state index is -1.20. The molecule has 4 aromatic carbocycles. The van der Waals surface area contributed by atoms with E-state index in [9.17, 15) is 40.2 Å². The van der Waals surface area contributed by atoms with Gasteiger partial charge in [0.05, 0.1) is 0 Å². The van der Waals surface area contributed by atoms with Crippen molar-refractivity contribution in [1.29, 1.82) is 0 Å². The van der Waals surface area contributed by atoms with Gasteiger partial charge < -0.3 is 40.1 Å². The molecule has 0 fully saturated rings. The highest BCUT2D eigenvalue weighted by molar-refractivity contribution is 5.95. The lowest BCUT2D eigenvalue weighted by atomic mass is 9.83. The summed E-state index contributed by atoms with van der Waals surface area (Å²) in [5.74, 6) is -2.11. The van der Waals surface area contributed by atoms with Crippen molar-refractivity contribution >= 4 is 11.9 Å². The van der Waals surface area contributed by atoms with Gasteiger partial charge in [0, 0.05) is 34.1 Å². The number of hydrogen-bond acceptors (Lipinski definition) is 8. The number of rotatable bonds is 4. The highest BCUT2D eigenvalue weighted by Gasteiger charge is 2.36. The van der Waals surface area contributed by atoms with Crippen LogP contribution in [0.15, 0.2) is 59.7 Å². The van der Waals surface area contributed by atoms with Crippen molar-refractivity contribution in [3.63, 3.8) is 0 Å². The number of aromatic carboxylic acids is 2. The van der Waals surface area contributed by atoms with Crippen LogP contribution < -0.4 is 9.47 Å². The smallest absolute Gasteiger partial charge is 0.339 e. The van der Waals surface area contributed by atoms with Gasteiger partial charge in [-0.05, 0) is 114 Å². The van der Waals surface area contributed by atoms with E-state index in [1.807, 2.05) is 65.8 Å². The molecule has 50 heavy (non-hydrogen) atoms. The molecular formula is C40H40O10. The van der Waals surface area contributed by atoms with E-state index in [4.69, 9.17) is 9.47 Å². The van der Waals surface area contributed by atoms with Gasteiger partial charge in [-0.3, -0.25) is 0 Å². The molecule has 2 aliphatic rings. The summed E-state index contributed by atoms with van der Waals surface area (Å²) in [6, 6.07) is 10.1. The van der Waals surface area contributed by atoms with Crippen molar-refractivity contribution in [2.24, 2.45) is 0 Å². The SMILES string of the molecule is CC(C)=C[C@H]1c2c(O)cc(C)cc2Oc2cc(C)c(C(=O)O)c(O)c21.CC(C)=C[C@H]1c2c(O)cc(C)cc2Oc2cc(C)c(C(=O)O)c(O)c21. The second kappa shape index (κ2) is 13.2. The molecule has 2 heterocycles.